The summed E-state index contributed by atoms with van der Waals surface area (Å²) in [6.07, 6.45) is 0.871. The van der Waals surface area contributed by atoms with Crippen molar-refractivity contribution in [3.63, 3.8) is 0 Å². The third-order valence-corrected chi connectivity index (χ3v) is 5.45. The molecule has 0 saturated carbocycles. The summed E-state index contributed by atoms with van der Waals surface area (Å²) < 4.78 is 22.7. The number of nitrogens with zero attached hydrogens (tertiary/aromatic N) is 2. The Bertz CT molecular complexity index is 626. The topological polar surface area (TPSA) is 73.2 Å². The Labute approximate surface area is 130 Å². The number of halogens is 1. The SMILES string of the molecule is N#Cc1cccc(Cl)c1NCCCN1CCS(=O)(=O)CC1. The molecule has 2 rings (SSSR count). The first-order chi connectivity index (χ1) is 10.0. The highest BCUT2D eigenvalue weighted by Crippen LogP contribution is 2.25. The summed E-state index contributed by atoms with van der Waals surface area (Å²) >= 11 is 6.08. The number of para-hydroxylation sites is 1. The number of rotatable bonds is 5. The van der Waals surface area contributed by atoms with Crippen LogP contribution in [0.15, 0.2) is 18.2 Å². The largest absolute Gasteiger partial charge is 0.383 e. The van der Waals surface area contributed by atoms with Gasteiger partial charge in [0.05, 0.1) is 27.8 Å². The fourth-order valence-electron chi connectivity index (χ4n) is 2.29. The predicted octanol–water partition coefficient (Wildman–Crippen LogP) is 1.74. The second-order valence-corrected chi connectivity index (χ2v) is 7.76. The molecule has 0 spiro atoms. The summed E-state index contributed by atoms with van der Waals surface area (Å²) in [6.45, 7) is 2.76. The molecule has 0 unspecified atom stereocenters. The summed E-state index contributed by atoms with van der Waals surface area (Å²) in [4.78, 5) is 2.15. The smallest absolute Gasteiger partial charge is 0.152 e. The standard InChI is InChI=1S/C14H18ClN3O2S/c15-13-4-1-3-12(11-16)14(13)17-5-2-6-18-7-9-21(19,20)10-8-18/h1,3-4,17H,2,5-10H2. The van der Waals surface area contributed by atoms with Crippen LogP contribution in [-0.2, 0) is 9.84 Å². The van der Waals surface area contributed by atoms with Crippen LogP contribution in [0.25, 0.3) is 0 Å². The van der Waals surface area contributed by atoms with Crippen molar-refractivity contribution in [1.29, 1.82) is 5.26 Å². The summed E-state index contributed by atoms with van der Waals surface area (Å²) in [5.74, 6) is 0.507. The van der Waals surface area contributed by atoms with E-state index >= 15 is 0 Å². The number of hydrogen-bond acceptors (Lipinski definition) is 5. The number of nitriles is 1. The minimum Gasteiger partial charge on any atom is -0.383 e. The second kappa shape index (κ2) is 7.12. The lowest BCUT2D eigenvalue weighted by Crippen LogP contribution is -2.41. The molecule has 1 N–H and O–H groups in total. The minimum atomic E-state index is -2.81. The average molecular weight is 328 g/mol. The molecule has 21 heavy (non-hydrogen) atoms. The van der Waals surface area contributed by atoms with Gasteiger partial charge in [0.15, 0.2) is 9.84 Å². The van der Waals surface area contributed by atoms with Gasteiger partial charge in [-0.3, -0.25) is 0 Å². The Hall–Kier alpha value is -1.29. The van der Waals surface area contributed by atoms with E-state index in [1.54, 1.807) is 18.2 Å². The van der Waals surface area contributed by atoms with Crippen molar-refractivity contribution >= 4 is 27.1 Å². The molecule has 0 aromatic heterocycles. The molecule has 1 heterocycles. The van der Waals surface area contributed by atoms with E-state index in [2.05, 4.69) is 16.3 Å². The van der Waals surface area contributed by atoms with E-state index in [0.29, 0.717) is 35.9 Å². The summed E-state index contributed by atoms with van der Waals surface area (Å²) in [5.41, 5.74) is 1.20. The van der Waals surface area contributed by atoms with Gasteiger partial charge in [-0.05, 0) is 25.1 Å². The summed E-state index contributed by atoms with van der Waals surface area (Å²) in [5, 5.41) is 12.8. The van der Waals surface area contributed by atoms with E-state index in [-0.39, 0.29) is 11.5 Å². The first-order valence-corrected chi connectivity index (χ1v) is 9.07. The number of benzene rings is 1. The first-order valence-electron chi connectivity index (χ1n) is 6.87. The monoisotopic (exact) mass is 327 g/mol. The van der Waals surface area contributed by atoms with E-state index in [0.717, 1.165) is 13.0 Å². The summed E-state index contributed by atoms with van der Waals surface area (Å²) in [6, 6.07) is 7.34. The quantitative estimate of drug-likeness (QED) is 0.834. The number of sulfone groups is 1. The van der Waals surface area contributed by atoms with E-state index in [4.69, 9.17) is 16.9 Å². The lowest BCUT2D eigenvalue weighted by atomic mass is 10.2. The van der Waals surface area contributed by atoms with Crippen molar-refractivity contribution in [2.24, 2.45) is 0 Å². The van der Waals surface area contributed by atoms with Crippen LogP contribution < -0.4 is 5.32 Å². The molecule has 1 aromatic carbocycles. The zero-order valence-corrected chi connectivity index (χ0v) is 13.3. The molecule has 0 amide bonds. The van der Waals surface area contributed by atoms with Crippen LogP contribution in [0, 0.1) is 11.3 Å². The molecule has 0 bridgehead atoms. The zero-order valence-electron chi connectivity index (χ0n) is 11.7. The van der Waals surface area contributed by atoms with Crippen LogP contribution in [0.1, 0.15) is 12.0 Å². The highest BCUT2D eigenvalue weighted by molar-refractivity contribution is 7.91. The van der Waals surface area contributed by atoms with Crippen LogP contribution in [0.5, 0.6) is 0 Å². The Morgan fingerprint density at radius 2 is 2.05 bits per heavy atom. The Kier molecular flexibility index (Phi) is 5.45. The Morgan fingerprint density at radius 1 is 1.33 bits per heavy atom. The van der Waals surface area contributed by atoms with Gasteiger partial charge < -0.3 is 10.2 Å². The van der Waals surface area contributed by atoms with Gasteiger partial charge in [-0.25, -0.2) is 8.42 Å². The van der Waals surface area contributed by atoms with Gasteiger partial charge in [0, 0.05) is 19.6 Å². The van der Waals surface area contributed by atoms with Gasteiger partial charge in [0.2, 0.25) is 0 Å². The summed E-state index contributed by atoms with van der Waals surface area (Å²) in [7, 11) is -2.81. The third-order valence-electron chi connectivity index (χ3n) is 3.52. The lowest BCUT2D eigenvalue weighted by Gasteiger charge is -2.26. The van der Waals surface area contributed by atoms with Crippen LogP contribution in [0.3, 0.4) is 0 Å². The predicted molar refractivity (Wildman–Crippen MR) is 84.4 cm³/mol. The lowest BCUT2D eigenvalue weighted by molar-refractivity contribution is 0.295. The Balaban J connectivity index is 1.77. The molecular weight excluding hydrogens is 310 g/mol. The van der Waals surface area contributed by atoms with Gasteiger partial charge in [-0.1, -0.05) is 17.7 Å². The molecule has 0 radical (unpaired) electrons. The van der Waals surface area contributed by atoms with Crippen molar-refractivity contribution in [2.75, 3.05) is 43.0 Å². The first kappa shape index (κ1) is 16.1. The molecule has 5 nitrogen and oxygen atoms in total. The molecule has 0 aliphatic carbocycles. The maximum absolute atomic E-state index is 11.3. The van der Waals surface area contributed by atoms with Gasteiger partial charge in [0.1, 0.15) is 6.07 Å². The van der Waals surface area contributed by atoms with E-state index in [9.17, 15) is 8.42 Å². The molecule has 1 aliphatic heterocycles. The van der Waals surface area contributed by atoms with Gasteiger partial charge >= 0.3 is 0 Å². The van der Waals surface area contributed by atoms with Crippen molar-refractivity contribution in [3.05, 3.63) is 28.8 Å². The van der Waals surface area contributed by atoms with Crippen LogP contribution in [0.4, 0.5) is 5.69 Å². The molecule has 7 heteroatoms. The zero-order chi connectivity index (χ0) is 15.3. The highest BCUT2D eigenvalue weighted by Gasteiger charge is 2.20. The van der Waals surface area contributed by atoms with E-state index in [1.165, 1.54) is 0 Å². The third kappa shape index (κ3) is 4.60. The molecular formula is C14H18ClN3O2S. The van der Waals surface area contributed by atoms with Crippen molar-refractivity contribution in [2.45, 2.75) is 6.42 Å². The molecule has 1 saturated heterocycles. The number of hydrogen-bond donors (Lipinski definition) is 1. The second-order valence-electron chi connectivity index (χ2n) is 5.05. The maximum atomic E-state index is 11.3. The van der Waals surface area contributed by atoms with Crippen molar-refractivity contribution in [1.82, 2.24) is 4.90 Å². The maximum Gasteiger partial charge on any atom is 0.152 e. The molecule has 114 valence electrons. The van der Waals surface area contributed by atoms with Gasteiger partial charge in [0.25, 0.3) is 0 Å². The highest BCUT2D eigenvalue weighted by atomic mass is 35.5. The molecule has 0 atom stereocenters. The average Bonchev–Trinajstić information content (AvgIpc) is 2.46. The van der Waals surface area contributed by atoms with E-state index in [1.807, 2.05) is 0 Å². The molecule has 1 aromatic rings. The van der Waals surface area contributed by atoms with Crippen molar-refractivity contribution < 1.29 is 8.42 Å². The van der Waals surface area contributed by atoms with Gasteiger partial charge in [-0.2, -0.15) is 5.26 Å². The van der Waals surface area contributed by atoms with E-state index < -0.39 is 9.84 Å². The minimum absolute atomic E-state index is 0.253. The normalized spacial score (nSPS) is 18.1. The number of nitrogens with one attached hydrogen (secondary N) is 1. The van der Waals surface area contributed by atoms with Crippen LogP contribution in [-0.4, -0.2) is 51.0 Å². The van der Waals surface area contributed by atoms with Crippen LogP contribution >= 0.6 is 11.6 Å². The molecule has 1 fully saturated rings. The van der Waals surface area contributed by atoms with Crippen molar-refractivity contribution in [3.8, 4) is 6.07 Å². The van der Waals surface area contributed by atoms with Crippen LogP contribution in [0.2, 0.25) is 5.02 Å². The molecule has 1 aliphatic rings. The fourth-order valence-corrected chi connectivity index (χ4v) is 3.81. The fraction of sp³-hybridized carbons (Fsp3) is 0.500. The van der Waals surface area contributed by atoms with Gasteiger partial charge in [-0.15, -0.1) is 0 Å². The number of anilines is 1. The Morgan fingerprint density at radius 3 is 2.71 bits per heavy atom.